The zero-order chi connectivity index (χ0) is 11.3. The molecule has 6 heteroatoms. The van der Waals surface area contributed by atoms with Gasteiger partial charge in [-0.2, -0.15) is 10.4 Å². The molecule has 1 rings (SSSR count). The Bertz CT molecular complexity index is 382. The van der Waals surface area contributed by atoms with Crippen molar-refractivity contribution in [2.45, 2.75) is 13.0 Å². The lowest BCUT2D eigenvalue weighted by Gasteiger charge is -2.14. The van der Waals surface area contributed by atoms with Gasteiger partial charge in [-0.3, -0.25) is 9.48 Å². The van der Waals surface area contributed by atoms with E-state index in [0.717, 1.165) is 0 Å². The predicted molar refractivity (Wildman–Crippen MR) is 55.1 cm³/mol. The van der Waals surface area contributed by atoms with E-state index in [1.54, 1.807) is 13.2 Å². The third-order valence-corrected chi connectivity index (χ3v) is 2.08. The molecule has 0 saturated carbocycles. The molecule has 0 fully saturated rings. The topological polar surface area (TPSA) is 61.9 Å². The molecule has 0 bridgehead atoms. The van der Waals surface area contributed by atoms with Crippen LogP contribution in [0.25, 0.3) is 0 Å². The molecule has 1 aromatic rings. The van der Waals surface area contributed by atoms with E-state index in [4.69, 9.17) is 16.9 Å². The van der Waals surface area contributed by atoms with Gasteiger partial charge in [-0.1, -0.05) is 11.6 Å². The van der Waals surface area contributed by atoms with Gasteiger partial charge in [0.05, 0.1) is 23.7 Å². The Labute approximate surface area is 92.8 Å². The molecule has 1 amide bonds. The van der Waals surface area contributed by atoms with Crippen LogP contribution in [-0.4, -0.2) is 34.2 Å². The van der Waals surface area contributed by atoms with Crippen molar-refractivity contribution in [1.82, 2.24) is 14.7 Å². The molecule has 0 aliphatic carbocycles. The summed E-state index contributed by atoms with van der Waals surface area (Å²) < 4.78 is 1.47. The normalized spacial score (nSPS) is 9.67. The van der Waals surface area contributed by atoms with Gasteiger partial charge in [-0.05, 0) is 0 Å². The van der Waals surface area contributed by atoms with Crippen LogP contribution in [0.4, 0.5) is 0 Å². The lowest BCUT2D eigenvalue weighted by molar-refractivity contribution is -0.130. The highest BCUT2D eigenvalue weighted by molar-refractivity contribution is 6.30. The number of likely N-dealkylation sites (N-methyl/N-ethyl adjacent to an activating group) is 1. The van der Waals surface area contributed by atoms with E-state index in [1.165, 1.54) is 15.8 Å². The van der Waals surface area contributed by atoms with Crippen molar-refractivity contribution < 1.29 is 4.79 Å². The van der Waals surface area contributed by atoms with Gasteiger partial charge in [-0.25, -0.2) is 0 Å². The number of nitriles is 1. The van der Waals surface area contributed by atoms with Crippen molar-refractivity contribution in [3.63, 3.8) is 0 Å². The summed E-state index contributed by atoms with van der Waals surface area (Å²) in [5.74, 6) is -0.0926. The molecule has 0 aliphatic heterocycles. The highest BCUT2D eigenvalue weighted by Gasteiger charge is 2.09. The SMILES string of the molecule is CN(CCC#N)C(=O)Cn1cc(Cl)cn1. The van der Waals surface area contributed by atoms with Crippen molar-refractivity contribution >= 4 is 17.5 Å². The predicted octanol–water partition coefficient (Wildman–Crippen LogP) is 0.909. The van der Waals surface area contributed by atoms with Crippen LogP contribution in [0.5, 0.6) is 0 Å². The summed E-state index contributed by atoms with van der Waals surface area (Å²) in [4.78, 5) is 13.0. The Balaban J connectivity index is 2.45. The average Bonchev–Trinajstić information content (AvgIpc) is 2.60. The molecule has 0 unspecified atom stereocenters. The van der Waals surface area contributed by atoms with E-state index >= 15 is 0 Å². The second-order valence-electron chi connectivity index (χ2n) is 3.08. The molecular formula is C9H11ClN4O. The standard InChI is InChI=1S/C9H11ClN4O/c1-13(4-2-3-11)9(15)7-14-6-8(10)5-12-14/h5-6H,2,4,7H2,1H3. The summed E-state index contributed by atoms with van der Waals surface area (Å²) in [7, 11) is 1.66. The van der Waals surface area contributed by atoms with Gasteiger partial charge >= 0.3 is 0 Å². The summed E-state index contributed by atoms with van der Waals surface area (Å²) >= 11 is 5.66. The summed E-state index contributed by atoms with van der Waals surface area (Å²) in [5, 5.41) is 12.8. The first-order chi connectivity index (χ1) is 7.13. The minimum absolute atomic E-state index is 0.0926. The van der Waals surface area contributed by atoms with Crippen LogP contribution in [0.2, 0.25) is 5.02 Å². The number of halogens is 1. The molecule has 0 aliphatic rings. The van der Waals surface area contributed by atoms with Crippen molar-refractivity contribution in [1.29, 1.82) is 5.26 Å². The maximum absolute atomic E-state index is 11.5. The first-order valence-corrected chi connectivity index (χ1v) is 4.80. The second kappa shape index (κ2) is 5.37. The molecule has 0 radical (unpaired) electrons. The number of carbonyl (C=O) groups excluding carboxylic acids is 1. The first-order valence-electron chi connectivity index (χ1n) is 4.42. The number of carbonyl (C=O) groups is 1. The fourth-order valence-corrected chi connectivity index (χ4v) is 1.18. The molecule has 0 spiro atoms. The van der Waals surface area contributed by atoms with Crippen LogP contribution in [-0.2, 0) is 11.3 Å². The van der Waals surface area contributed by atoms with Crippen molar-refractivity contribution in [3.05, 3.63) is 17.4 Å². The van der Waals surface area contributed by atoms with E-state index < -0.39 is 0 Å². The third kappa shape index (κ3) is 3.60. The maximum atomic E-state index is 11.5. The van der Waals surface area contributed by atoms with Crippen LogP contribution >= 0.6 is 11.6 Å². The van der Waals surface area contributed by atoms with Crippen LogP contribution in [0.1, 0.15) is 6.42 Å². The Kier molecular flexibility index (Phi) is 4.13. The quantitative estimate of drug-likeness (QED) is 0.767. The zero-order valence-electron chi connectivity index (χ0n) is 8.35. The second-order valence-corrected chi connectivity index (χ2v) is 3.52. The number of hydrogen-bond acceptors (Lipinski definition) is 3. The van der Waals surface area contributed by atoms with E-state index in [9.17, 15) is 4.79 Å². The number of aromatic nitrogens is 2. The lowest BCUT2D eigenvalue weighted by Crippen LogP contribution is -2.31. The van der Waals surface area contributed by atoms with Gasteiger partial charge in [0.2, 0.25) is 5.91 Å². The van der Waals surface area contributed by atoms with Gasteiger partial charge in [0.25, 0.3) is 0 Å². The van der Waals surface area contributed by atoms with Crippen molar-refractivity contribution in [3.8, 4) is 6.07 Å². The van der Waals surface area contributed by atoms with E-state index in [1.807, 2.05) is 6.07 Å². The fourth-order valence-electron chi connectivity index (χ4n) is 1.03. The fraction of sp³-hybridized carbons (Fsp3) is 0.444. The molecular weight excluding hydrogens is 216 g/mol. The van der Waals surface area contributed by atoms with E-state index in [2.05, 4.69) is 5.10 Å². The Morgan fingerprint density at radius 2 is 2.53 bits per heavy atom. The van der Waals surface area contributed by atoms with Crippen molar-refractivity contribution in [2.75, 3.05) is 13.6 Å². The molecule has 5 nitrogen and oxygen atoms in total. The number of amides is 1. The monoisotopic (exact) mass is 226 g/mol. The van der Waals surface area contributed by atoms with Crippen LogP contribution < -0.4 is 0 Å². The zero-order valence-corrected chi connectivity index (χ0v) is 9.11. The van der Waals surface area contributed by atoms with E-state index in [0.29, 0.717) is 18.0 Å². The van der Waals surface area contributed by atoms with Gasteiger partial charge in [0.1, 0.15) is 6.54 Å². The highest BCUT2D eigenvalue weighted by Crippen LogP contribution is 2.04. The average molecular weight is 227 g/mol. The number of nitrogens with zero attached hydrogens (tertiary/aromatic N) is 4. The third-order valence-electron chi connectivity index (χ3n) is 1.88. The lowest BCUT2D eigenvalue weighted by atomic mass is 10.4. The summed E-state index contributed by atoms with van der Waals surface area (Å²) in [6, 6.07) is 1.98. The highest BCUT2D eigenvalue weighted by atomic mass is 35.5. The molecule has 80 valence electrons. The molecule has 0 saturated heterocycles. The minimum atomic E-state index is -0.0926. The summed E-state index contributed by atoms with van der Waals surface area (Å²) in [6.07, 6.45) is 3.39. The van der Waals surface area contributed by atoms with Gasteiger partial charge in [0, 0.05) is 19.8 Å². The van der Waals surface area contributed by atoms with E-state index in [-0.39, 0.29) is 12.5 Å². The Hall–Kier alpha value is -1.54. The maximum Gasteiger partial charge on any atom is 0.244 e. The minimum Gasteiger partial charge on any atom is -0.343 e. The van der Waals surface area contributed by atoms with Gasteiger partial charge < -0.3 is 4.90 Å². The van der Waals surface area contributed by atoms with Crippen LogP contribution in [0.15, 0.2) is 12.4 Å². The number of rotatable bonds is 4. The summed E-state index contributed by atoms with van der Waals surface area (Å²) in [5.41, 5.74) is 0. The smallest absolute Gasteiger partial charge is 0.244 e. The van der Waals surface area contributed by atoms with Gasteiger partial charge in [-0.15, -0.1) is 0 Å². The molecule has 1 heterocycles. The van der Waals surface area contributed by atoms with Crippen LogP contribution in [0.3, 0.4) is 0 Å². The summed E-state index contributed by atoms with van der Waals surface area (Å²) in [6.45, 7) is 0.582. The van der Waals surface area contributed by atoms with Crippen molar-refractivity contribution in [2.24, 2.45) is 0 Å². The molecule has 0 aromatic carbocycles. The Morgan fingerprint density at radius 3 is 3.07 bits per heavy atom. The molecule has 1 aromatic heterocycles. The molecule has 0 atom stereocenters. The molecule has 0 N–H and O–H groups in total. The largest absolute Gasteiger partial charge is 0.343 e. The first kappa shape index (κ1) is 11.5. The van der Waals surface area contributed by atoms with Crippen LogP contribution in [0, 0.1) is 11.3 Å². The van der Waals surface area contributed by atoms with Gasteiger partial charge in [0.15, 0.2) is 0 Å². The number of hydrogen-bond donors (Lipinski definition) is 0. The Morgan fingerprint density at radius 1 is 1.80 bits per heavy atom. The molecule has 15 heavy (non-hydrogen) atoms.